The lowest BCUT2D eigenvalue weighted by Crippen LogP contribution is -2.32. The van der Waals surface area contributed by atoms with Crippen molar-refractivity contribution in [2.45, 2.75) is 56.9 Å². The number of hydrogen-bond donors (Lipinski definition) is 1. The van der Waals surface area contributed by atoms with E-state index in [1.807, 2.05) is 24.3 Å². The molecule has 2 heterocycles. The molecule has 1 aromatic heterocycles. The van der Waals surface area contributed by atoms with Crippen LogP contribution in [0.25, 0.3) is 11.4 Å². The highest BCUT2D eigenvalue weighted by Gasteiger charge is 2.24. The minimum atomic E-state index is -3.95. The van der Waals surface area contributed by atoms with E-state index in [-0.39, 0.29) is 28.8 Å². The summed E-state index contributed by atoms with van der Waals surface area (Å²) in [5, 5.41) is 3.97. The minimum absolute atomic E-state index is 0.0366. The molecule has 36 heavy (non-hydrogen) atoms. The average molecular weight is 513 g/mol. The van der Waals surface area contributed by atoms with Crippen LogP contribution in [-0.2, 0) is 16.6 Å². The van der Waals surface area contributed by atoms with E-state index in [0.717, 1.165) is 31.2 Å². The molecule has 1 fully saturated rings. The second kappa shape index (κ2) is 11.2. The third-order valence-electron chi connectivity index (χ3n) is 6.32. The normalized spacial score (nSPS) is 14.6. The first-order valence-electron chi connectivity index (χ1n) is 12.2. The molecule has 1 N–H and O–H groups in total. The predicted octanol–water partition coefficient (Wildman–Crippen LogP) is 4.36. The molecule has 2 aromatic carbocycles. The molecule has 10 heteroatoms. The molecule has 1 amide bonds. The second-order valence-electron chi connectivity index (χ2n) is 9.18. The van der Waals surface area contributed by atoms with Crippen molar-refractivity contribution < 1.29 is 22.5 Å². The Kier molecular flexibility index (Phi) is 8.05. The maximum Gasteiger partial charge on any atom is 0.257 e. The van der Waals surface area contributed by atoms with Crippen LogP contribution >= 0.6 is 0 Å². The first-order chi connectivity index (χ1) is 17.3. The van der Waals surface area contributed by atoms with Gasteiger partial charge in [-0.2, -0.15) is 4.98 Å². The number of nitrogens with zero attached hydrogens (tertiary/aromatic N) is 3. The topological polar surface area (TPSA) is 115 Å². The van der Waals surface area contributed by atoms with Gasteiger partial charge in [0.25, 0.3) is 5.91 Å². The van der Waals surface area contributed by atoms with Crippen LogP contribution < -0.4 is 9.46 Å². The molecule has 1 aliphatic heterocycles. The van der Waals surface area contributed by atoms with Crippen molar-refractivity contribution in [3.8, 4) is 17.1 Å². The number of nitrogens with one attached hydrogen (secondary N) is 1. The van der Waals surface area contributed by atoms with Crippen LogP contribution in [0.5, 0.6) is 5.75 Å². The van der Waals surface area contributed by atoms with Gasteiger partial charge in [0.15, 0.2) is 0 Å². The van der Waals surface area contributed by atoms with Crippen LogP contribution in [-0.4, -0.2) is 49.6 Å². The van der Waals surface area contributed by atoms with E-state index in [1.165, 1.54) is 30.9 Å². The molecule has 9 nitrogen and oxygen atoms in total. The second-order valence-corrected chi connectivity index (χ2v) is 10.9. The molecule has 0 atom stereocenters. The number of benzene rings is 2. The summed E-state index contributed by atoms with van der Waals surface area (Å²) in [6.07, 6.45) is 4.03. The summed E-state index contributed by atoms with van der Waals surface area (Å²) in [4.78, 5) is 19.2. The van der Waals surface area contributed by atoms with Crippen molar-refractivity contribution in [3.63, 3.8) is 0 Å². The monoisotopic (exact) mass is 512 g/mol. The van der Waals surface area contributed by atoms with Crippen LogP contribution in [0.15, 0.2) is 51.9 Å². The fourth-order valence-corrected chi connectivity index (χ4v) is 5.17. The molecule has 0 aliphatic carbocycles. The van der Waals surface area contributed by atoms with Crippen LogP contribution in [0.3, 0.4) is 0 Å². The Labute approximate surface area is 211 Å². The Morgan fingerprint density at radius 1 is 1.08 bits per heavy atom. The minimum Gasteiger partial charge on any atom is -0.496 e. The quantitative estimate of drug-likeness (QED) is 0.477. The molecule has 0 bridgehead atoms. The highest BCUT2D eigenvalue weighted by Crippen LogP contribution is 2.26. The largest absolute Gasteiger partial charge is 0.496 e. The van der Waals surface area contributed by atoms with Crippen molar-refractivity contribution in [2.24, 2.45) is 0 Å². The summed E-state index contributed by atoms with van der Waals surface area (Å²) >= 11 is 0. The molecular formula is C26H32N4O5S. The van der Waals surface area contributed by atoms with E-state index in [0.29, 0.717) is 30.6 Å². The van der Waals surface area contributed by atoms with Crippen molar-refractivity contribution in [3.05, 3.63) is 59.5 Å². The molecule has 0 unspecified atom stereocenters. The summed E-state index contributed by atoms with van der Waals surface area (Å²) in [5.74, 6) is 1.04. The number of likely N-dealkylation sites (tertiary alicyclic amines) is 1. The zero-order chi connectivity index (χ0) is 25.7. The summed E-state index contributed by atoms with van der Waals surface area (Å²) in [6, 6.07) is 12.1. The first kappa shape index (κ1) is 25.8. The lowest BCUT2D eigenvalue weighted by atomic mass is 10.0. The Bertz CT molecular complexity index is 1290. The number of rotatable bonds is 8. The summed E-state index contributed by atoms with van der Waals surface area (Å²) < 4.78 is 39.1. The molecule has 1 aliphatic rings. The van der Waals surface area contributed by atoms with Gasteiger partial charge >= 0.3 is 0 Å². The number of carbonyl (C=O) groups excluding carboxylic acids is 1. The molecule has 1 saturated heterocycles. The van der Waals surface area contributed by atoms with Gasteiger partial charge < -0.3 is 14.2 Å². The number of methoxy groups -OCH3 is 1. The van der Waals surface area contributed by atoms with E-state index in [9.17, 15) is 13.2 Å². The molecule has 3 aromatic rings. The number of amides is 1. The SMILES string of the molecule is COc1ccc(S(=O)(=O)NCc2nc(-c3ccc(C(C)C)cc3)no2)cc1C(=O)N1CCCCCC1. The third kappa shape index (κ3) is 5.93. The van der Waals surface area contributed by atoms with Gasteiger partial charge in [-0.3, -0.25) is 4.79 Å². The van der Waals surface area contributed by atoms with Crippen molar-refractivity contribution in [2.75, 3.05) is 20.2 Å². The van der Waals surface area contributed by atoms with Crippen molar-refractivity contribution in [1.29, 1.82) is 0 Å². The highest BCUT2D eigenvalue weighted by atomic mass is 32.2. The number of hydrogen-bond acceptors (Lipinski definition) is 7. The lowest BCUT2D eigenvalue weighted by Gasteiger charge is -2.22. The molecule has 192 valence electrons. The zero-order valence-electron chi connectivity index (χ0n) is 20.9. The predicted molar refractivity (Wildman–Crippen MR) is 135 cm³/mol. The van der Waals surface area contributed by atoms with Gasteiger partial charge in [0.1, 0.15) is 5.75 Å². The zero-order valence-corrected chi connectivity index (χ0v) is 21.7. The van der Waals surface area contributed by atoms with E-state index >= 15 is 0 Å². The maximum absolute atomic E-state index is 13.2. The smallest absolute Gasteiger partial charge is 0.257 e. The first-order valence-corrected chi connectivity index (χ1v) is 13.7. The molecular weight excluding hydrogens is 480 g/mol. The summed E-state index contributed by atoms with van der Waals surface area (Å²) in [6.45, 7) is 5.35. The average Bonchev–Trinajstić information content (AvgIpc) is 3.20. The van der Waals surface area contributed by atoms with Gasteiger partial charge in [-0.05, 0) is 42.5 Å². The number of ether oxygens (including phenoxy) is 1. The Morgan fingerprint density at radius 3 is 2.42 bits per heavy atom. The molecule has 4 rings (SSSR count). The fourth-order valence-electron chi connectivity index (χ4n) is 4.17. The van der Waals surface area contributed by atoms with Gasteiger partial charge in [-0.15, -0.1) is 0 Å². The third-order valence-corrected chi connectivity index (χ3v) is 7.72. The van der Waals surface area contributed by atoms with E-state index in [4.69, 9.17) is 9.26 Å². The summed E-state index contributed by atoms with van der Waals surface area (Å²) in [7, 11) is -2.49. The lowest BCUT2D eigenvalue weighted by molar-refractivity contribution is 0.0758. The summed E-state index contributed by atoms with van der Waals surface area (Å²) in [5.41, 5.74) is 2.21. The molecule has 0 saturated carbocycles. The van der Waals surface area contributed by atoms with Gasteiger partial charge in [0, 0.05) is 18.7 Å². The van der Waals surface area contributed by atoms with Gasteiger partial charge in [-0.25, -0.2) is 13.1 Å². The Morgan fingerprint density at radius 2 is 1.78 bits per heavy atom. The maximum atomic E-state index is 13.2. The van der Waals surface area contributed by atoms with Gasteiger partial charge in [-0.1, -0.05) is 56.1 Å². The van der Waals surface area contributed by atoms with Crippen LogP contribution in [0.2, 0.25) is 0 Å². The van der Waals surface area contributed by atoms with Crippen molar-refractivity contribution >= 4 is 15.9 Å². The van der Waals surface area contributed by atoms with Crippen LogP contribution in [0, 0.1) is 0 Å². The highest BCUT2D eigenvalue weighted by molar-refractivity contribution is 7.89. The van der Waals surface area contributed by atoms with E-state index in [2.05, 4.69) is 28.7 Å². The Hall–Kier alpha value is -3.24. The van der Waals surface area contributed by atoms with Crippen LogP contribution in [0.4, 0.5) is 0 Å². The number of aromatic nitrogens is 2. The Balaban J connectivity index is 1.48. The van der Waals surface area contributed by atoms with Gasteiger partial charge in [0.05, 0.1) is 24.1 Å². The molecule has 0 spiro atoms. The van der Waals surface area contributed by atoms with Crippen LogP contribution in [0.1, 0.15) is 67.3 Å². The number of sulfonamides is 1. The van der Waals surface area contributed by atoms with E-state index in [1.54, 1.807) is 4.90 Å². The van der Waals surface area contributed by atoms with E-state index < -0.39 is 10.0 Å². The standard InChI is InChI=1S/C26H32N4O5S/c1-18(2)19-8-10-20(11-9-19)25-28-24(35-29-25)17-27-36(32,33)21-12-13-23(34-3)22(16-21)26(31)30-14-6-4-5-7-15-30/h8-13,16,18,27H,4-7,14-15,17H2,1-3H3. The van der Waals surface area contributed by atoms with Crippen molar-refractivity contribution in [1.82, 2.24) is 19.8 Å². The number of carbonyl (C=O) groups is 1. The van der Waals surface area contributed by atoms with Gasteiger partial charge in [0.2, 0.25) is 21.7 Å². The fraction of sp³-hybridized carbons (Fsp3) is 0.423. The molecule has 0 radical (unpaired) electrons.